The molecule has 0 amide bonds. The molecule has 2 rings (SSSR count). The van der Waals surface area contributed by atoms with Crippen molar-refractivity contribution in [2.45, 2.75) is 39.8 Å². The average molecular weight is 261 g/mol. The smallest absolute Gasteiger partial charge is 0.134 e. The molecule has 19 heavy (non-hydrogen) atoms. The van der Waals surface area contributed by atoms with Gasteiger partial charge in [0.1, 0.15) is 11.3 Å². The minimum atomic E-state index is -0.327. The fraction of sp³-hybridized carbons (Fsp3) is 0.500. The van der Waals surface area contributed by atoms with Gasteiger partial charge >= 0.3 is 0 Å². The van der Waals surface area contributed by atoms with Gasteiger partial charge in [-0.05, 0) is 31.4 Å². The van der Waals surface area contributed by atoms with E-state index >= 15 is 0 Å². The van der Waals surface area contributed by atoms with Crippen LogP contribution in [0.15, 0.2) is 28.7 Å². The SMILES string of the molecule is Cc1c(C(C)NCC(O)C(C)C)oc2ccccc12. The van der Waals surface area contributed by atoms with Gasteiger partial charge in [-0.2, -0.15) is 0 Å². The van der Waals surface area contributed by atoms with Crippen LogP contribution in [0.5, 0.6) is 0 Å². The quantitative estimate of drug-likeness (QED) is 0.867. The van der Waals surface area contributed by atoms with Gasteiger partial charge in [0.05, 0.1) is 12.1 Å². The van der Waals surface area contributed by atoms with E-state index in [2.05, 4.69) is 25.2 Å². The first-order valence-electron chi connectivity index (χ1n) is 6.90. The molecule has 2 unspecified atom stereocenters. The van der Waals surface area contributed by atoms with Gasteiger partial charge in [-0.1, -0.05) is 32.0 Å². The Balaban J connectivity index is 2.13. The van der Waals surface area contributed by atoms with Crippen molar-refractivity contribution in [3.63, 3.8) is 0 Å². The van der Waals surface area contributed by atoms with Crippen molar-refractivity contribution in [2.24, 2.45) is 5.92 Å². The van der Waals surface area contributed by atoms with Crippen molar-refractivity contribution >= 4 is 11.0 Å². The first-order valence-corrected chi connectivity index (χ1v) is 6.90. The van der Waals surface area contributed by atoms with Crippen molar-refractivity contribution in [2.75, 3.05) is 6.54 Å². The fourth-order valence-electron chi connectivity index (χ4n) is 2.23. The molecular formula is C16H23NO2. The van der Waals surface area contributed by atoms with E-state index in [4.69, 9.17) is 4.42 Å². The molecule has 3 nitrogen and oxygen atoms in total. The number of para-hydroxylation sites is 1. The third kappa shape index (κ3) is 2.99. The van der Waals surface area contributed by atoms with E-state index < -0.39 is 0 Å². The standard InChI is InChI=1S/C16H23NO2/c1-10(2)14(18)9-17-12(4)16-11(3)13-7-5-6-8-15(13)19-16/h5-8,10,12,14,17-18H,9H2,1-4H3. The monoisotopic (exact) mass is 261 g/mol. The van der Waals surface area contributed by atoms with Crippen LogP contribution in [0.3, 0.4) is 0 Å². The predicted molar refractivity (Wildman–Crippen MR) is 78.2 cm³/mol. The zero-order valence-electron chi connectivity index (χ0n) is 12.1. The van der Waals surface area contributed by atoms with Crippen LogP contribution in [0, 0.1) is 12.8 Å². The molecule has 3 heteroatoms. The Kier molecular flexibility index (Phi) is 4.27. The van der Waals surface area contributed by atoms with Crippen LogP contribution in [0.1, 0.15) is 38.1 Å². The number of fused-ring (bicyclic) bond motifs is 1. The van der Waals surface area contributed by atoms with Gasteiger partial charge in [-0.25, -0.2) is 0 Å². The zero-order chi connectivity index (χ0) is 14.0. The molecule has 2 atom stereocenters. The third-order valence-corrected chi connectivity index (χ3v) is 3.68. The number of aliphatic hydroxyl groups excluding tert-OH is 1. The number of nitrogens with one attached hydrogen (secondary N) is 1. The highest BCUT2D eigenvalue weighted by atomic mass is 16.3. The second-order valence-corrected chi connectivity index (χ2v) is 5.53. The van der Waals surface area contributed by atoms with E-state index in [1.54, 1.807) is 0 Å². The summed E-state index contributed by atoms with van der Waals surface area (Å²) in [5.41, 5.74) is 2.10. The number of hydrogen-bond donors (Lipinski definition) is 2. The van der Waals surface area contributed by atoms with Gasteiger partial charge in [-0.3, -0.25) is 0 Å². The molecule has 0 fully saturated rings. The molecule has 2 aromatic rings. The van der Waals surface area contributed by atoms with Crippen LogP contribution in [-0.2, 0) is 0 Å². The Morgan fingerprint density at radius 1 is 1.21 bits per heavy atom. The van der Waals surface area contributed by atoms with E-state index in [0.717, 1.165) is 16.7 Å². The maximum atomic E-state index is 9.84. The Labute approximate surface area is 114 Å². The molecule has 0 saturated heterocycles. The highest BCUT2D eigenvalue weighted by molar-refractivity contribution is 5.82. The zero-order valence-corrected chi connectivity index (χ0v) is 12.1. The Morgan fingerprint density at radius 2 is 1.89 bits per heavy atom. The molecule has 1 aromatic heterocycles. The Hall–Kier alpha value is -1.32. The van der Waals surface area contributed by atoms with Crippen molar-refractivity contribution in [1.82, 2.24) is 5.32 Å². The molecule has 0 aliphatic carbocycles. The number of benzene rings is 1. The van der Waals surface area contributed by atoms with E-state index in [1.807, 2.05) is 32.0 Å². The molecule has 104 valence electrons. The van der Waals surface area contributed by atoms with E-state index in [0.29, 0.717) is 6.54 Å². The lowest BCUT2D eigenvalue weighted by Crippen LogP contribution is -2.32. The third-order valence-electron chi connectivity index (χ3n) is 3.68. The van der Waals surface area contributed by atoms with Gasteiger partial charge in [0.15, 0.2) is 0 Å². The van der Waals surface area contributed by atoms with Crippen LogP contribution in [0.25, 0.3) is 11.0 Å². The lowest BCUT2D eigenvalue weighted by molar-refractivity contribution is 0.120. The van der Waals surface area contributed by atoms with Crippen molar-refractivity contribution in [3.05, 3.63) is 35.6 Å². The number of aryl methyl sites for hydroxylation is 1. The molecule has 2 N–H and O–H groups in total. The van der Waals surface area contributed by atoms with Gasteiger partial charge < -0.3 is 14.8 Å². The summed E-state index contributed by atoms with van der Waals surface area (Å²) in [6.45, 7) is 8.76. The number of hydrogen-bond acceptors (Lipinski definition) is 3. The van der Waals surface area contributed by atoms with E-state index in [-0.39, 0.29) is 18.1 Å². The summed E-state index contributed by atoms with van der Waals surface area (Å²) in [6, 6.07) is 8.17. The highest BCUT2D eigenvalue weighted by Crippen LogP contribution is 2.29. The molecular weight excluding hydrogens is 238 g/mol. The van der Waals surface area contributed by atoms with E-state index in [9.17, 15) is 5.11 Å². The fourth-order valence-corrected chi connectivity index (χ4v) is 2.23. The second-order valence-electron chi connectivity index (χ2n) is 5.53. The predicted octanol–water partition coefficient (Wildman–Crippen LogP) is 3.41. The van der Waals surface area contributed by atoms with Gasteiger partial charge in [-0.15, -0.1) is 0 Å². The molecule has 0 bridgehead atoms. The molecule has 1 aromatic carbocycles. The minimum Gasteiger partial charge on any atom is -0.459 e. The van der Waals surface area contributed by atoms with Crippen LogP contribution in [0.4, 0.5) is 0 Å². The summed E-state index contributed by atoms with van der Waals surface area (Å²) < 4.78 is 5.91. The first-order chi connectivity index (χ1) is 9.00. The maximum Gasteiger partial charge on any atom is 0.134 e. The van der Waals surface area contributed by atoms with Gasteiger partial charge in [0.2, 0.25) is 0 Å². The van der Waals surface area contributed by atoms with Crippen LogP contribution >= 0.6 is 0 Å². The lowest BCUT2D eigenvalue weighted by Gasteiger charge is -2.18. The van der Waals surface area contributed by atoms with Gasteiger partial charge in [0, 0.05) is 11.9 Å². The summed E-state index contributed by atoms with van der Waals surface area (Å²) in [4.78, 5) is 0. The summed E-state index contributed by atoms with van der Waals surface area (Å²) in [6.07, 6.45) is -0.327. The Morgan fingerprint density at radius 3 is 2.53 bits per heavy atom. The summed E-state index contributed by atoms with van der Waals surface area (Å²) in [5, 5.41) is 14.3. The van der Waals surface area contributed by atoms with Gasteiger partial charge in [0.25, 0.3) is 0 Å². The second kappa shape index (κ2) is 5.76. The summed E-state index contributed by atoms with van der Waals surface area (Å²) in [7, 11) is 0. The molecule has 0 radical (unpaired) electrons. The molecule has 1 heterocycles. The minimum absolute atomic E-state index is 0.0980. The Bertz CT molecular complexity index is 545. The lowest BCUT2D eigenvalue weighted by atomic mass is 10.1. The molecule has 0 saturated carbocycles. The maximum absolute atomic E-state index is 9.84. The number of furan rings is 1. The molecule has 0 aliphatic heterocycles. The molecule has 0 spiro atoms. The van der Waals surface area contributed by atoms with E-state index in [1.165, 1.54) is 5.56 Å². The highest BCUT2D eigenvalue weighted by Gasteiger charge is 2.17. The normalized spacial score (nSPS) is 15.1. The summed E-state index contributed by atoms with van der Waals surface area (Å²) in [5.74, 6) is 1.22. The van der Waals surface area contributed by atoms with Crippen molar-refractivity contribution in [3.8, 4) is 0 Å². The van der Waals surface area contributed by atoms with Crippen molar-refractivity contribution < 1.29 is 9.52 Å². The number of aliphatic hydroxyl groups is 1. The van der Waals surface area contributed by atoms with Crippen LogP contribution in [-0.4, -0.2) is 17.8 Å². The average Bonchev–Trinajstić information content (AvgIpc) is 2.73. The number of rotatable bonds is 5. The summed E-state index contributed by atoms with van der Waals surface area (Å²) >= 11 is 0. The van der Waals surface area contributed by atoms with Crippen LogP contribution in [0.2, 0.25) is 0 Å². The largest absolute Gasteiger partial charge is 0.459 e. The van der Waals surface area contributed by atoms with Crippen molar-refractivity contribution in [1.29, 1.82) is 0 Å². The van der Waals surface area contributed by atoms with Crippen LogP contribution < -0.4 is 5.32 Å². The first kappa shape index (κ1) is 14.1. The topological polar surface area (TPSA) is 45.4 Å². The molecule has 0 aliphatic rings.